The van der Waals surface area contributed by atoms with Crippen molar-refractivity contribution in [1.29, 1.82) is 0 Å². The number of esters is 1. The molecule has 0 radical (unpaired) electrons. The van der Waals surface area contributed by atoms with Crippen molar-refractivity contribution in [2.75, 3.05) is 0 Å². The van der Waals surface area contributed by atoms with E-state index in [4.69, 9.17) is 4.74 Å². The topological polar surface area (TPSA) is 110 Å². The third-order valence-corrected chi connectivity index (χ3v) is 5.38. The Balaban J connectivity index is 2.70. The van der Waals surface area contributed by atoms with Gasteiger partial charge in [-0.15, -0.1) is 0 Å². The summed E-state index contributed by atoms with van der Waals surface area (Å²) in [4.78, 5) is 24.3. The first-order valence-corrected chi connectivity index (χ1v) is 11.7. The average molecular weight is 428 g/mol. The molecular formula is C21H33NO6S. The predicted octanol–water partition coefficient (Wildman–Crippen LogP) is 4.12. The number of carbonyl (C=O) groups excluding carboxylic acids is 2. The fraction of sp³-hybridized carbons (Fsp3) is 0.619. The summed E-state index contributed by atoms with van der Waals surface area (Å²) < 4.78 is 37.4. The number of carbonyl (C=O) groups is 2. The predicted molar refractivity (Wildman–Crippen MR) is 111 cm³/mol. The molecule has 0 heterocycles. The summed E-state index contributed by atoms with van der Waals surface area (Å²) >= 11 is 0. The Morgan fingerprint density at radius 2 is 1.76 bits per heavy atom. The van der Waals surface area contributed by atoms with Crippen molar-refractivity contribution in [1.82, 2.24) is 5.32 Å². The lowest BCUT2D eigenvalue weighted by Crippen LogP contribution is -2.43. The van der Waals surface area contributed by atoms with Crippen LogP contribution in [0.5, 0.6) is 5.75 Å². The van der Waals surface area contributed by atoms with Crippen molar-refractivity contribution in [3.8, 4) is 5.75 Å². The number of amides is 1. The lowest BCUT2D eigenvalue weighted by Gasteiger charge is -2.18. The van der Waals surface area contributed by atoms with Crippen LogP contribution < -0.4 is 10.1 Å². The molecule has 0 spiro atoms. The highest BCUT2D eigenvalue weighted by Gasteiger charge is 2.25. The highest BCUT2D eigenvalue weighted by atomic mass is 32.2. The minimum absolute atomic E-state index is 0.226. The Labute approximate surface area is 174 Å². The van der Waals surface area contributed by atoms with E-state index in [1.807, 2.05) is 6.92 Å². The van der Waals surface area contributed by atoms with Crippen LogP contribution in [-0.2, 0) is 19.7 Å². The zero-order valence-corrected chi connectivity index (χ0v) is 18.3. The molecule has 1 atom stereocenters. The summed E-state index contributed by atoms with van der Waals surface area (Å²) in [5.74, 6) is -0.592. The molecule has 0 aliphatic rings. The summed E-state index contributed by atoms with van der Waals surface area (Å²) in [7, 11) is -4.53. The quantitative estimate of drug-likeness (QED) is 0.212. The second-order valence-corrected chi connectivity index (χ2v) is 8.99. The van der Waals surface area contributed by atoms with Crippen LogP contribution >= 0.6 is 0 Å². The number of rotatable bonds is 13. The van der Waals surface area contributed by atoms with Crippen LogP contribution in [0.15, 0.2) is 29.2 Å². The smallest absolute Gasteiger partial charge is 0.334 e. The molecule has 8 heteroatoms. The van der Waals surface area contributed by atoms with Crippen molar-refractivity contribution in [2.24, 2.45) is 5.92 Å². The highest BCUT2D eigenvalue weighted by Crippen LogP contribution is 2.23. The molecule has 0 saturated heterocycles. The largest absolute Gasteiger partial charge is 0.424 e. The number of hydrogen-bond donors (Lipinski definition) is 2. The van der Waals surface area contributed by atoms with Crippen LogP contribution in [0.25, 0.3) is 0 Å². The van der Waals surface area contributed by atoms with Gasteiger partial charge in [0.25, 0.3) is 10.1 Å². The van der Waals surface area contributed by atoms with Crippen LogP contribution in [0.2, 0.25) is 0 Å². The fourth-order valence-electron chi connectivity index (χ4n) is 2.87. The van der Waals surface area contributed by atoms with Crippen LogP contribution in [0.3, 0.4) is 0 Å². The molecule has 7 nitrogen and oxygen atoms in total. The van der Waals surface area contributed by atoms with Gasteiger partial charge in [-0.3, -0.25) is 9.35 Å². The third-order valence-electron chi connectivity index (χ3n) is 4.49. The first-order chi connectivity index (χ1) is 13.6. The van der Waals surface area contributed by atoms with E-state index in [9.17, 15) is 22.6 Å². The van der Waals surface area contributed by atoms with E-state index in [-0.39, 0.29) is 11.7 Å². The average Bonchev–Trinajstić information content (AvgIpc) is 2.64. The van der Waals surface area contributed by atoms with Crippen LogP contribution in [0.1, 0.15) is 72.1 Å². The van der Waals surface area contributed by atoms with E-state index < -0.39 is 27.0 Å². The molecule has 1 rings (SSSR count). The second-order valence-electron chi connectivity index (χ2n) is 7.60. The Morgan fingerprint density at radius 3 is 2.38 bits per heavy atom. The molecule has 2 N–H and O–H groups in total. The standard InChI is InChI=1S/C21H33NO6S/c1-4-5-12-17(22-20(23)15-8-6-7-11-16(2)3)21(24)28-18-13-9-10-14-19(18)29(25,26)27/h9-10,13-14,16-17H,4-8,11-12,15H2,1-3H3,(H,22,23)(H,25,26,27). The molecule has 1 amide bonds. The molecule has 0 aliphatic heterocycles. The number of unbranched alkanes of at least 4 members (excludes halogenated alkanes) is 3. The number of para-hydroxylation sites is 1. The minimum atomic E-state index is -4.53. The lowest BCUT2D eigenvalue weighted by atomic mass is 10.0. The number of benzene rings is 1. The van der Waals surface area contributed by atoms with Crippen molar-refractivity contribution in [3.63, 3.8) is 0 Å². The van der Waals surface area contributed by atoms with Crippen LogP contribution in [0.4, 0.5) is 0 Å². The van der Waals surface area contributed by atoms with E-state index >= 15 is 0 Å². The van der Waals surface area contributed by atoms with Gasteiger partial charge in [-0.1, -0.05) is 65.0 Å². The zero-order valence-electron chi connectivity index (χ0n) is 17.5. The summed E-state index contributed by atoms with van der Waals surface area (Å²) in [5, 5.41) is 2.70. The maximum absolute atomic E-state index is 12.6. The molecule has 0 saturated carbocycles. The highest BCUT2D eigenvalue weighted by molar-refractivity contribution is 7.86. The molecule has 0 bridgehead atoms. The fourth-order valence-corrected chi connectivity index (χ4v) is 3.48. The van der Waals surface area contributed by atoms with Gasteiger partial charge in [-0.25, -0.2) is 4.79 Å². The minimum Gasteiger partial charge on any atom is -0.424 e. The summed E-state index contributed by atoms with van der Waals surface area (Å²) in [6.07, 6.45) is 6.15. The van der Waals surface area contributed by atoms with Gasteiger partial charge in [0, 0.05) is 6.42 Å². The summed E-state index contributed by atoms with van der Waals surface area (Å²) in [6, 6.07) is 4.47. The molecule has 1 aromatic carbocycles. The van der Waals surface area contributed by atoms with E-state index in [0.717, 1.165) is 38.2 Å². The molecule has 29 heavy (non-hydrogen) atoms. The van der Waals surface area contributed by atoms with Crippen molar-refractivity contribution >= 4 is 22.0 Å². The molecule has 1 unspecified atom stereocenters. The molecular weight excluding hydrogens is 394 g/mol. The lowest BCUT2D eigenvalue weighted by molar-refractivity contribution is -0.139. The first kappa shape index (κ1) is 25.1. The molecule has 1 aromatic rings. The van der Waals surface area contributed by atoms with Crippen molar-refractivity contribution < 1.29 is 27.3 Å². The van der Waals surface area contributed by atoms with Gasteiger partial charge < -0.3 is 10.1 Å². The van der Waals surface area contributed by atoms with Crippen molar-refractivity contribution in [3.05, 3.63) is 24.3 Å². The Morgan fingerprint density at radius 1 is 1.07 bits per heavy atom. The Kier molecular flexibility index (Phi) is 10.9. The summed E-state index contributed by atoms with van der Waals surface area (Å²) in [6.45, 7) is 6.29. The zero-order chi connectivity index (χ0) is 21.9. The van der Waals surface area contributed by atoms with E-state index in [1.54, 1.807) is 0 Å². The SMILES string of the molecule is CCCCC(NC(=O)CCCCCC(C)C)C(=O)Oc1ccccc1S(=O)(=O)O. The van der Waals surface area contributed by atoms with Gasteiger partial charge in [0.2, 0.25) is 5.91 Å². The maximum atomic E-state index is 12.6. The first-order valence-electron chi connectivity index (χ1n) is 10.2. The van der Waals surface area contributed by atoms with E-state index in [2.05, 4.69) is 19.2 Å². The van der Waals surface area contributed by atoms with Gasteiger partial charge in [0.05, 0.1) is 0 Å². The number of nitrogens with one attached hydrogen (secondary N) is 1. The van der Waals surface area contributed by atoms with Gasteiger partial charge in [0.1, 0.15) is 10.9 Å². The number of hydrogen-bond acceptors (Lipinski definition) is 5. The second kappa shape index (κ2) is 12.6. The Bertz CT molecular complexity index is 760. The molecule has 164 valence electrons. The summed E-state index contributed by atoms with van der Waals surface area (Å²) in [5.41, 5.74) is 0. The normalized spacial score (nSPS) is 12.6. The monoisotopic (exact) mass is 427 g/mol. The van der Waals surface area contributed by atoms with E-state index in [0.29, 0.717) is 25.2 Å². The third kappa shape index (κ3) is 9.89. The van der Waals surface area contributed by atoms with Crippen LogP contribution in [-0.4, -0.2) is 30.9 Å². The van der Waals surface area contributed by atoms with Crippen LogP contribution in [0, 0.1) is 5.92 Å². The van der Waals surface area contributed by atoms with E-state index in [1.165, 1.54) is 18.2 Å². The van der Waals surface area contributed by atoms with Crippen molar-refractivity contribution in [2.45, 2.75) is 83.1 Å². The van der Waals surface area contributed by atoms with Gasteiger partial charge >= 0.3 is 5.97 Å². The van der Waals surface area contributed by atoms with Gasteiger partial charge in [-0.2, -0.15) is 8.42 Å². The molecule has 0 aromatic heterocycles. The van der Waals surface area contributed by atoms with Gasteiger partial charge in [-0.05, 0) is 30.9 Å². The number of ether oxygens (including phenoxy) is 1. The Hall–Kier alpha value is -1.93. The van der Waals surface area contributed by atoms with Gasteiger partial charge in [0.15, 0.2) is 5.75 Å². The molecule has 0 aliphatic carbocycles. The molecule has 0 fully saturated rings. The maximum Gasteiger partial charge on any atom is 0.334 e.